The summed E-state index contributed by atoms with van der Waals surface area (Å²) in [5.41, 5.74) is 2.30. The second kappa shape index (κ2) is 6.24. The van der Waals surface area contributed by atoms with E-state index in [9.17, 15) is 0 Å². The van der Waals surface area contributed by atoms with E-state index in [1.165, 1.54) is 24.8 Å². The molecular formula is C16H23N5. The van der Waals surface area contributed by atoms with Crippen molar-refractivity contribution in [1.82, 2.24) is 19.7 Å². The molecule has 0 unspecified atom stereocenters. The Labute approximate surface area is 126 Å². The molecule has 1 aliphatic heterocycles. The van der Waals surface area contributed by atoms with Crippen molar-refractivity contribution in [3.63, 3.8) is 0 Å². The highest BCUT2D eigenvalue weighted by atomic mass is 15.3. The van der Waals surface area contributed by atoms with Crippen molar-refractivity contribution >= 4 is 5.82 Å². The third kappa shape index (κ3) is 3.23. The Morgan fingerprint density at radius 3 is 2.71 bits per heavy atom. The smallest absolute Gasteiger partial charge is 0.135 e. The van der Waals surface area contributed by atoms with Crippen LogP contribution in [0.4, 0.5) is 5.82 Å². The molecule has 0 atom stereocenters. The van der Waals surface area contributed by atoms with Gasteiger partial charge >= 0.3 is 0 Å². The normalized spacial score (nSPS) is 16.4. The fourth-order valence-electron chi connectivity index (χ4n) is 3.03. The minimum Gasteiger partial charge on any atom is -0.356 e. The van der Waals surface area contributed by atoms with Gasteiger partial charge in [-0.2, -0.15) is 5.10 Å². The molecule has 3 heterocycles. The fourth-order valence-corrected chi connectivity index (χ4v) is 3.03. The zero-order valence-electron chi connectivity index (χ0n) is 12.9. The van der Waals surface area contributed by atoms with Gasteiger partial charge in [-0.25, -0.2) is 9.97 Å². The fraction of sp³-hybridized carbons (Fsp3) is 0.562. The quantitative estimate of drug-likeness (QED) is 0.866. The van der Waals surface area contributed by atoms with Gasteiger partial charge in [0.1, 0.15) is 12.1 Å². The molecule has 112 valence electrons. The molecule has 0 aliphatic carbocycles. The summed E-state index contributed by atoms with van der Waals surface area (Å²) >= 11 is 0. The van der Waals surface area contributed by atoms with Crippen molar-refractivity contribution < 1.29 is 0 Å². The number of hydrogen-bond acceptors (Lipinski definition) is 4. The minimum atomic E-state index is 0.800. The first kappa shape index (κ1) is 14.0. The molecule has 0 saturated carbocycles. The van der Waals surface area contributed by atoms with Gasteiger partial charge in [0.25, 0.3) is 0 Å². The zero-order chi connectivity index (χ0) is 14.7. The summed E-state index contributed by atoms with van der Waals surface area (Å²) in [6, 6.07) is 1.99. The molecule has 3 rings (SSSR count). The van der Waals surface area contributed by atoms with E-state index in [-0.39, 0.29) is 0 Å². The summed E-state index contributed by atoms with van der Waals surface area (Å²) in [5, 5.41) is 4.27. The van der Waals surface area contributed by atoms with Crippen molar-refractivity contribution in [3.05, 3.63) is 36.0 Å². The third-order valence-corrected chi connectivity index (χ3v) is 4.55. The van der Waals surface area contributed by atoms with E-state index >= 15 is 0 Å². The Hall–Kier alpha value is -1.91. The van der Waals surface area contributed by atoms with Crippen LogP contribution in [-0.2, 0) is 6.54 Å². The Kier molecular flexibility index (Phi) is 4.18. The number of aromatic nitrogens is 4. The first-order chi connectivity index (χ1) is 10.2. The highest BCUT2D eigenvalue weighted by molar-refractivity contribution is 5.47. The summed E-state index contributed by atoms with van der Waals surface area (Å²) in [6.45, 7) is 7.40. The van der Waals surface area contributed by atoms with Gasteiger partial charge in [-0.1, -0.05) is 0 Å². The van der Waals surface area contributed by atoms with E-state index in [0.29, 0.717) is 0 Å². The average Bonchev–Trinajstić information content (AvgIpc) is 3.02. The summed E-state index contributed by atoms with van der Waals surface area (Å²) < 4.78 is 2.03. The molecule has 2 aromatic rings. The maximum Gasteiger partial charge on any atom is 0.135 e. The van der Waals surface area contributed by atoms with Crippen LogP contribution in [0.3, 0.4) is 0 Å². The SMILES string of the molecule is Cc1ncnc(N2CCC(CCn3cccn3)CC2)c1C. The predicted octanol–water partition coefficient (Wildman–Crippen LogP) is 2.60. The highest BCUT2D eigenvalue weighted by Crippen LogP contribution is 2.26. The zero-order valence-corrected chi connectivity index (χ0v) is 12.9. The second-order valence-electron chi connectivity index (χ2n) is 5.90. The molecule has 0 radical (unpaired) electrons. The van der Waals surface area contributed by atoms with Gasteiger partial charge in [0.05, 0.1) is 0 Å². The van der Waals surface area contributed by atoms with Crippen LogP contribution in [0.2, 0.25) is 0 Å². The molecule has 0 amide bonds. The molecule has 5 heteroatoms. The lowest BCUT2D eigenvalue weighted by molar-refractivity contribution is 0.353. The first-order valence-corrected chi connectivity index (χ1v) is 7.74. The summed E-state index contributed by atoms with van der Waals surface area (Å²) in [5.74, 6) is 1.92. The van der Waals surface area contributed by atoms with Gasteiger partial charge in [0.15, 0.2) is 0 Å². The van der Waals surface area contributed by atoms with Crippen LogP contribution in [0.25, 0.3) is 0 Å². The summed E-state index contributed by atoms with van der Waals surface area (Å²) in [4.78, 5) is 11.1. The lowest BCUT2D eigenvalue weighted by Crippen LogP contribution is -2.35. The van der Waals surface area contributed by atoms with Crippen LogP contribution in [0, 0.1) is 19.8 Å². The van der Waals surface area contributed by atoms with Crippen LogP contribution < -0.4 is 4.90 Å². The molecule has 1 fully saturated rings. The van der Waals surface area contributed by atoms with Gasteiger partial charge in [-0.05, 0) is 45.1 Å². The predicted molar refractivity (Wildman–Crippen MR) is 83.3 cm³/mol. The molecule has 1 saturated heterocycles. The molecule has 0 N–H and O–H groups in total. The monoisotopic (exact) mass is 285 g/mol. The Balaban J connectivity index is 1.54. The molecule has 2 aromatic heterocycles. The number of hydrogen-bond donors (Lipinski definition) is 0. The van der Waals surface area contributed by atoms with Crippen molar-refractivity contribution in [3.8, 4) is 0 Å². The van der Waals surface area contributed by atoms with Crippen molar-refractivity contribution in [2.75, 3.05) is 18.0 Å². The van der Waals surface area contributed by atoms with Crippen LogP contribution in [0.5, 0.6) is 0 Å². The van der Waals surface area contributed by atoms with Crippen LogP contribution in [0.1, 0.15) is 30.5 Å². The van der Waals surface area contributed by atoms with Gasteiger partial charge in [0, 0.05) is 43.3 Å². The summed E-state index contributed by atoms with van der Waals surface area (Å²) in [6.07, 6.45) is 9.28. The van der Waals surface area contributed by atoms with Crippen molar-refractivity contribution in [2.45, 2.75) is 39.7 Å². The van der Waals surface area contributed by atoms with Crippen molar-refractivity contribution in [2.24, 2.45) is 5.92 Å². The van der Waals surface area contributed by atoms with Crippen molar-refractivity contribution in [1.29, 1.82) is 0 Å². The van der Waals surface area contributed by atoms with Gasteiger partial charge in [-0.15, -0.1) is 0 Å². The van der Waals surface area contributed by atoms with E-state index in [1.54, 1.807) is 6.33 Å². The molecule has 5 nitrogen and oxygen atoms in total. The average molecular weight is 285 g/mol. The molecule has 0 aromatic carbocycles. The van der Waals surface area contributed by atoms with Gasteiger partial charge in [0.2, 0.25) is 0 Å². The molecule has 0 bridgehead atoms. The number of anilines is 1. The van der Waals surface area contributed by atoms with E-state index in [2.05, 4.69) is 33.8 Å². The highest BCUT2D eigenvalue weighted by Gasteiger charge is 2.21. The molecular weight excluding hydrogens is 262 g/mol. The number of piperidine rings is 1. The Morgan fingerprint density at radius 2 is 2.00 bits per heavy atom. The lowest BCUT2D eigenvalue weighted by atomic mass is 9.93. The molecule has 1 aliphatic rings. The van der Waals surface area contributed by atoms with Gasteiger partial charge in [-0.3, -0.25) is 4.68 Å². The number of rotatable bonds is 4. The largest absolute Gasteiger partial charge is 0.356 e. The van der Waals surface area contributed by atoms with Gasteiger partial charge < -0.3 is 4.90 Å². The number of nitrogens with zero attached hydrogens (tertiary/aromatic N) is 5. The van der Waals surface area contributed by atoms with Crippen LogP contribution in [0.15, 0.2) is 24.8 Å². The topological polar surface area (TPSA) is 46.8 Å². The molecule has 0 spiro atoms. The molecule has 21 heavy (non-hydrogen) atoms. The minimum absolute atomic E-state index is 0.800. The van der Waals surface area contributed by atoms with E-state index in [0.717, 1.165) is 37.1 Å². The van der Waals surface area contributed by atoms with Crippen LogP contribution in [-0.4, -0.2) is 32.8 Å². The third-order valence-electron chi connectivity index (χ3n) is 4.55. The van der Waals surface area contributed by atoms with E-state index in [1.807, 2.05) is 23.1 Å². The number of aryl methyl sites for hydroxylation is 2. The maximum absolute atomic E-state index is 4.48. The van der Waals surface area contributed by atoms with E-state index < -0.39 is 0 Å². The first-order valence-electron chi connectivity index (χ1n) is 7.74. The second-order valence-corrected chi connectivity index (χ2v) is 5.90. The Bertz CT molecular complexity index is 570. The standard InChI is InChI=1S/C16H23N5/c1-13-14(2)17-12-18-16(13)20-9-4-15(5-10-20)6-11-21-8-3-7-19-21/h3,7-8,12,15H,4-6,9-11H2,1-2H3. The lowest BCUT2D eigenvalue weighted by Gasteiger charge is -2.33. The Morgan fingerprint density at radius 1 is 1.19 bits per heavy atom. The maximum atomic E-state index is 4.48. The summed E-state index contributed by atoms with van der Waals surface area (Å²) in [7, 11) is 0. The van der Waals surface area contributed by atoms with Crippen LogP contribution >= 0.6 is 0 Å². The van der Waals surface area contributed by atoms with E-state index in [4.69, 9.17) is 0 Å².